The summed E-state index contributed by atoms with van der Waals surface area (Å²) in [7, 11) is 0. The number of halogens is 1. The Bertz CT molecular complexity index is 700. The molecule has 1 aromatic carbocycles. The van der Waals surface area contributed by atoms with Crippen LogP contribution in [0, 0.1) is 12.7 Å². The molecule has 2 aromatic rings. The minimum Gasteiger partial charge on any atom is -0.351 e. The minimum atomic E-state index is -0.340. The summed E-state index contributed by atoms with van der Waals surface area (Å²) in [6.07, 6.45) is 2.21. The van der Waals surface area contributed by atoms with Gasteiger partial charge in [-0.25, -0.2) is 14.4 Å². The third kappa shape index (κ3) is 3.58. The van der Waals surface area contributed by atoms with E-state index in [-0.39, 0.29) is 24.0 Å². The molecule has 0 bridgehead atoms. The monoisotopic (exact) mass is 300 g/mol. The van der Waals surface area contributed by atoms with Gasteiger partial charge in [0.25, 0.3) is 5.91 Å². The van der Waals surface area contributed by atoms with Crippen molar-refractivity contribution in [2.45, 2.75) is 32.4 Å². The second-order valence-electron chi connectivity index (χ2n) is 5.41. The zero-order valence-electron chi connectivity index (χ0n) is 12.3. The molecule has 6 heteroatoms. The molecule has 5 nitrogen and oxygen atoms in total. The van der Waals surface area contributed by atoms with Gasteiger partial charge in [-0.05, 0) is 31.9 Å². The number of carbonyl (C=O) groups is 1. The van der Waals surface area contributed by atoms with Crippen LogP contribution in [0.15, 0.2) is 30.3 Å². The van der Waals surface area contributed by atoms with Crippen molar-refractivity contribution in [1.29, 1.82) is 0 Å². The molecule has 1 aliphatic rings. The van der Waals surface area contributed by atoms with Crippen LogP contribution < -0.4 is 10.6 Å². The molecule has 1 aliphatic carbocycles. The Morgan fingerprint density at radius 1 is 1.32 bits per heavy atom. The van der Waals surface area contributed by atoms with Gasteiger partial charge >= 0.3 is 0 Å². The lowest BCUT2D eigenvalue weighted by atomic mass is 10.2. The Morgan fingerprint density at radius 3 is 2.82 bits per heavy atom. The Kier molecular flexibility index (Phi) is 4.00. The molecule has 1 amide bonds. The lowest BCUT2D eigenvalue weighted by molar-refractivity contribution is 0.0945. The number of rotatable bonds is 5. The summed E-state index contributed by atoms with van der Waals surface area (Å²) in [6.45, 7) is 1.94. The van der Waals surface area contributed by atoms with E-state index >= 15 is 0 Å². The zero-order chi connectivity index (χ0) is 15.5. The van der Waals surface area contributed by atoms with Crippen molar-refractivity contribution in [2.75, 3.05) is 5.32 Å². The molecular weight excluding hydrogens is 283 g/mol. The lowest BCUT2D eigenvalue weighted by Gasteiger charge is -2.08. The fraction of sp³-hybridized carbons (Fsp3) is 0.312. The Balaban J connectivity index is 1.68. The quantitative estimate of drug-likeness (QED) is 0.890. The Morgan fingerprint density at radius 2 is 2.09 bits per heavy atom. The lowest BCUT2D eigenvalue weighted by Crippen LogP contribution is -2.25. The molecule has 0 aliphatic heterocycles. The van der Waals surface area contributed by atoms with Gasteiger partial charge in [-0.15, -0.1) is 0 Å². The van der Waals surface area contributed by atoms with Crippen LogP contribution in [0.25, 0.3) is 0 Å². The van der Waals surface area contributed by atoms with Crippen LogP contribution in [-0.4, -0.2) is 21.9 Å². The molecule has 0 saturated heterocycles. The first-order valence-electron chi connectivity index (χ1n) is 7.25. The molecule has 22 heavy (non-hydrogen) atoms. The van der Waals surface area contributed by atoms with Crippen LogP contribution in [-0.2, 0) is 6.54 Å². The first kappa shape index (κ1) is 14.4. The van der Waals surface area contributed by atoms with E-state index in [1.54, 1.807) is 24.3 Å². The van der Waals surface area contributed by atoms with Crippen LogP contribution in [0.2, 0.25) is 0 Å². The van der Waals surface area contributed by atoms with Gasteiger partial charge in [0.05, 0.1) is 0 Å². The molecule has 114 valence electrons. The number of aryl methyl sites for hydroxylation is 1. The third-order valence-corrected chi connectivity index (χ3v) is 3.39. The molecule has 3 rings (SSSR count). The van der Waals surface area contributed by atoms with E-state index in [4.69, 9.17) is 0 Å². The number of hydrogen-bond acceptors (Lipinski definition) is 4. The van der Waals surface area contributed by atoms with Gasteiger partial charge in [-0.2, -0.15) is 0 Å². The molecule has 1 fully saturated rings. The standard InChI is InChI=1S/C16H17FN4O/c1-10-8-14(21-16(19-10)20-12-6-7-12)15(22)18-9-11-4-2-3-5-13(11)17/h2-5,8,12H,6-7,9H2,1H3,(H,18,22)(H,19,20,21). The summed E-state index contributed by atoms with van der Waals surface area (Å²) < 4.78 is 13.5. The van der Waals surface area contributed by atoms with Crippen LogP contribution >= 0.6 is 0 Å². The summed E-state index contributed by atoms with van der Waals surface area (Å²) >= 11 is 0. The van der Waals surface area contributed by atoms with Gasteiger partial charge in [0.2, 0.25) is 5.95 Å². The number of amides is 1. The van der Waals surface area contributed by atoms with Crippen LogP contribution in [0.1, 0.15) is 34.6 Å². The van der Waals surface area contributed by atoms with Crippen molar-refractivity contribution in [3.05, 3.63) is 53.1 Å². The van der Waals surface area contributed by atoms with Crippen LogP contribution in [0.4, 0.5) is 10.3 Å². The first-order chi connectivity index (χ1) is 10.6. The van der Waals surface area contributed by atoms with Gasteiger partial charge < -0.3 is 10.6 Å². The summed E-state index contributed by atoms with van der Waals surface area (Å²) in [6, 6.07) is 8.39. The number of carbonyl (C=O) groups excluding carboxylic acids is 1. The number of anilines is 1. The maximum absolute atomic E-state index is 13.5. The topological polar surface area (TPSA) is 66.9 Å². The molecule has 2 N–H and O–H groups in total. The van der Waals surface area contributed by atoms with E-state index in [0.717, 1.165) is 12.8 Å². The van der Waals surface area contributed by atoms with Crippen molar-refractivity contribution in [1.82, 2.24) is 15.3 Å². The highest BCUT2D eigenvalue weighted by Gasteiger charge is 2.22. The maximum atomic E-state index is 13.5. The summed E-state index contributed by atoms with van der Waals surface area (Å²) in [5.74, 6) is -0.205. The number of nitrogens with zero attached hydrogens (tertiary/aromatic N) is 2. The van der Waals surface area contributed by atoms with Gasteiger partial charge in [0.1, 0.15) is 11.5 Å². The van der Waals surface area contributed by atoms with Crippen molar-refractivity contribution >= 4 is 11.9 Å². The molecule has 0 atom stereocenters. The van der Waals surface area contributed by atoms with E-state index in [9.17, 15) is 9.18 Å². The number of hydrogen-bond donors (Lipinski definition) is 2. The van der Waals surface area contributed by atoms with Gasteiger partial charge in [-0.1, -0.05) is 18.2 Å². The van der Waals surface area contributed by atoms with Crippen LogP contribution in [0.5, 0.6) is 0 Å². The largest absolute Gasteiger partial charge is 0.351 e. The highest BCUT2D eigenvalue weighted by atomic mass is 19.1. The third-order valence-electron chi connectivity index (χ3n) is 3.39. The molecule has 0 spiro atoms. The molecule has 1 aromatic heterocycles. The maximum Gasteiger partial charge on any atom is 0.270 e. The molecule has 0 radical (unpaired) electrons. The average Bonchev–Trinajstić information content (AvgIpc) is 3.29. The minimum absolute atomic E-state index is 0.125. The van der Waals surface area contributed by atoms with Gasteiger partial charge in [-0.3, -0.25) is 4.79 Å². The van der Waals surface area contributed by atoms with E-state index in [0.29, 0.717) is 23.2 Å². The predicted octanol–water partition coefficient (Wildman–Crippen LogP) is 2.43. The number of aromatic nitrogens is 2. The highest BCUT2D eigenvalue weighted by molar-refractivity contribution is 5.92. The summed E-state index contributed by atoms with van der Waals surface area (Å²) in [5.41, 5.74) is 1.44. The SMILES string of the molecule is Cc1cc(C(=O)NCc2ccccc2F)nc(NC2CC2)n1. The van der Waals surface area contributed by atoms with Crippen LogP contribution in [0.3, 0.4) is 0 Å². The fourth-order valence-electron chi connectivity index (χ4n) is 2.07. The number of benzene rings is 1. The highest BCUT2D eigenvalue weighted by Crippen LogP contribution is 2.23. The van der Waals surface area contributed by atoms with E-state index in [1.807, 2.05) is 6.92 Å². The smallest absolute Gasteiger partial charge is 0.270 e. The van der Waals surface area contributed by atoms with E-state index < -0.39 is 0 Å². The fourth-order valence-corrected chi connectivity index (χ4v) is 2.07. The van der Waals surface area contributed by atoms with Crippen molar-refractivity contribution < 1.29 is 9.18 Å². The number of nitrogens with one attached hydrogen (secondary N) is 2. The van der Waals surface area contributed by atoms with Gasteiger partial charge in [0, 0.05) is 23.8 Å². The van der Waals surface area contributed by atoms with E-state index in [1.165, 1.54) is 6.07 Å². The second-order valence-corrected chi connectivity index (χ2v) is 5.41. The summed E-state index contributed by atoms with van der Waals surface area (Å²) in [4.78, 5) is 20.7. The first-order valence-corrected chi connectivity index (χ1v) is 7.25. The molecule has 1 saturated carbocycles. The second kappa shape index (κ2) is 6.09. The summed E-state index contributed by atoms with van der Waals surface area (Å²) in [5, 5.41) is 5.86. The van der Waals surface area contributed by atoms with Crippen molar-refractivity contribution in [3.8, 4) is 0 Å². The molecule has 0 unspecified atom stereocenters. The van der Waals surface area contributed by atoms with Crippen molar-refractivity contribution in [2.24, 2.45) is 0 Å². The molecular formula is C16H17FN4O. The predicted molar refractivity (Wildman–Crippen MR) is 81.0 cm³/mol. The normalized spacial score (nSPS) is 13.7. The average molecular weight is 300 g/mol. The van der Waals surface area contributed by atoms with Crippen molar-refractivity contribution in [3.63, 3.8) is 0 Å². The molecule has 1 heterocycles. The zero-order valence-corrected chi connectivity index (χ0v) is 12.3. The van der Waals surface area contributed by atoms with Gasteiger partial charge in [0.15, 0.2) is 0 Å². The van der Waals surface area contributed by atoms with E-state index in [2.05, 4.69) is 20.6 Å². The Hall–Kier alpha value is -2.50. The Labute approximate surface area is 128 Å².